The van der Waals surface area contributed by atoms with Crippen molar-refractivity contribution in [2.45, 2.75) is 33.1 Å². The van der Waals surface area contributed by atoms with Gasteiger partial charge in [-0.15, -0.1) is 0 Å². The Morgan fingerprint density at radius 3 is 2.83 bits per heavy atom. The Morgan fingerprint density at radius 1 is 1.38 bits per heavy atom. The van der Waals surface area contributed by atoms with Gasteiger partial charge in [-0.05, 0) is 62.4 Å². The van der Waals surface area contributed by atoms with Crippen LogP contribution < -0.4 is 16.0 Å². The molecule has 0 spiro atoms. The summed E-state index contributed by atoms with van der Waals surface area (Å²) in [5.74, 6) is 0.483. The first kappa shape index (κ1) is 18.7. The zero-order chi connectivity index (χ0) is 17.5. The topological polar surface area (TPSA) is 70.2 Å². The van der Waals surface area contributed by atoms with Gasteiger partial charge in [-0.1, -0.05) is 24.6 Å². The summed E-state index contributed by atoms with van der Waals surface area (Å²) in [5.41, 5.74) is 1.58. The first-order valence-electron chi connectivity index (χ1n) is 8.49. The number of amides is 2. The summed E-state index contributed by atoms with van der Waals surface area (Å²) in [7, 11) is 0. The standard InChI is InChI=1S/C18H26ClN3O2/c1-12-5-6-16(15(19)8-12)22-18(24)11-21-17(23)9-13(2)14-4-3-7-20-10-14/h5-6,8,13-14,20H,3-4,7,9-11H2,1-2H3,(H,21,23)(H,22,24). The van der Waals surface area contributed by atoms with Crippen molar-refractivity contribution >= 4 is 29.1 Å². The minimum absolute atomic E-state index is 0.0430. The van der Waals surface area contributed by atoms with Crippen LogP contribution in [-0.2, 0) is 9.59 Å². The summed E-state index contributed by atoms with van der Waals surface area (Å²) in [6.45, 7) is 6.03. The molecule has 0 bridgehead atoms. The molecule has 1 saturated heterocycles. The van der Waals surface area contributed by atoms with Crippen molar-refractivity contribution < 1.29 is 9.59 Å². The van der Waals surface area contributed by atoms with Gasteiger partial charge in [0.2, 0.25) is 11.8 Å². The predicted molar refractivity (Wildman–Crippen MR) is 97.2 cm³/mol. The molecule has 6 heteroatoms. The van der Waals surface area contributed by atoms with E-state index in [2.05, 4.69) is 22.9 Å². The molecule has 1 aromatic carbocycles. The van der Waals surface area contributed by atoms with E-state index in [9.17, 15) is 9.59 Å². The molecule has 0 aromatic heterocycles. The molecule has 1 aliphatic rings. The first-order chi connectivity index (χ1) is 11.5. The fourth-order valence-electron chi connectivity index (χ4n) is 2.99. The highest BCUT2D eigenvalue weighted by molar-refractivity contribution is 6.33. The largest absolute Gasteiger partial charge is 0.347 e. The molecule has 1 aromatic rings. The van der Waals surface area contributed by atoms with E-state index in [0.29, 0.717) is 29.0 Å². The lowest BCUT2D eigenvalue weighted by molar-refractivity contribution is -0.125. The van der Waals surface area contributed by atoms with Crippen molar-refractivity contribution in [1.29, 1.82) is 0 Å². The molecule has 0 saturated carbocycles. The predicted octanol–water partition coefficient (Wildman–Crippen LogP) is 2.73. The van der Waals surface area contributed by atoms with E-state index in [0.717, 1.165) is 31.5 Å². The fraction of sp³-hybridized carbons (Fsp3) is 0.556. The maximum Gasteiger partial charge on any atom is 0.243 e. The lowest BCUT2D eigenvalue weighted by Crippen LogP contribution is -2.37. The summed E-state index contributed by atoms with van der Waals surface area (Å²) in [6, 6.07) is 5.42. The number of hydrogen-bond acceptors (Lipinski definition) is 3. The number of rotatable bonds is 6. The number of hydrogen-bond donors (Lipinski definition) is 3. The maximum atomic E-state index is 12.0. The van der Waals surface area contributed by atoms with Gasteiger partial charge in [0.25, 0.3) is 0 Å². The second-order valence-corrected chi connectivity index (χ2v) is 7.00. The van der Waals surface area contributed by atoms with Crippen LogP contribution in [0.3, 0.4) is 0 Å². The normalized spacial score (nSPS) is 18.7. The Hall–Kier alpha value is -1.59. The van der Waals surface area contributed by atoms with E-state index in [4.69, 9.17) is 11.6 Å². The molecule has 24 heavy (non-hydrogen) atoms. The smallest absolute Gasteiger partial charge is 0.243 e. The van der Waals surface area contributed by atoms with E-state index in [-0.39, 0.29) is 18.4 Å². The lowest BCUT2D eigenvalue weighted by atomic mass is 9.85. The first-order valence-corrected chi connectivity index (χ1v) is 8.87. The summed E-state index contributed by atoms with van der Waals surface area (Å²) in [4.78, 5) is 24.0. The van der Waals surface area contributed by atoms with Gasteiger partial charge < -0.3 is 16.0 Å². The van der Waals surface area contributed by atoms with Gasteiger partial charge in [0.05, 0.1) is 17.3 Å². The third-order valence-electron chi connectivity index (χ3n) is 4.49. The molecule has 2 rings (SSSR count). The number of benzene rings is 1. The Balaban J connectivity index is 1.73. The van der Waals surface area contributed by atoms with Gasteiger partial charge in [-0.3, -0.25) is 9.59 Å². The van der Waals surface area contributed by atoms with Crippen molar-refractivity contribution in [2.75, 3.05) is 25.0 Å². The van der Waals surface area contributed by atoms with Gasteiger partial charge >= 0.3 is 0 Å². The second-order valence-electron chi connectivity index (χ2n) is 6.60. The molecular formula is C18H26ClN3O2. The van der Waals surface area contributed by atoms with Gasteiger partial charge in [-0.25, -0.2) is 0 Å². The van der Waals surface area contributed by atoms with Crippen LogP contribution in [0.5, 0.6) is 0 Å². The number of carbonyl (C=O) groups is 2. The monoisotopic (exact) mass is 351 g/mol. The molecular weight excluding hydrogens is 326 g/mol. The summed E-state index contributed by atoms with van der Waals surface area (Å²) in [5, 5.41) is 9.26. The van der Waals surface area contributed by atoms with Crippen LogP contribution >= 0.6 is 11.6 Å². The van der Waals surface area contributed by atoms with Gasteiger partial charge in [0, 0.05) is 6.42 Å². The molecule has 2 amide bonds. The maximum absolute atomic E-state index is 12.0. The number of aryl methyl sites for hydroxylation is 1. The van der Waals surface area contributed by atoms with Crippen LogP contribution in [0.2, 0.25) is 5.02 Å². The molecule has 3 N–H and O–H groups in total. The quantitative estimate of drug-likeness (QED) is 0.738. The van der Waals surface area contributed by atoms with Crippen LogP contribution in [0.25, 0.3) is 0 Å². The lowest BCUT2D eigenvalue weighted by Gasteiger charge is -2.27. The minimum atomic E-state index is -0.277. The van der Waals surface area contributed by atoms with Crippen molar-refractivity contribution in [3.05, 3.63) is 28.8 Å². The molecule has 2 atom stereocenters. The third-order valence-corrected chi connectivity index (χ3v) is 4.80. The summed E-state index contributed by atoms with van der Waals surface area (Å²) >= 11 is 6.08. The van der Waals surface area contributed by atoms with Gasteiger partial charge in [-0.2, -0.15) is 0 Å². The van der Waals surface area contributed by atoms with Crippen molar-refractivity contribution in [3.8, 4) is 0 Å². The van der Waals surface area contributed by atoms with Crippen LogP contribution in [0.15, 0.2) is 18.2 Å². The molecule has 1 aliphatic heterocycles. The highest BCUT2D eigenvalue weighted by atomic mass is 35.5. The van der Waals surface area contributed by atoms with Crippen LogP contribution in [0, 0.1) is 18.8 Å². The molecule has 132 valence electrons. The Kier molecular flexibility index (Phi) is 7.06. The average molecular weight is 352 g/mol. The van der Waals surface area contributed by atoms with Crippen molar-refractivity contribution in [2.24, 2.45) is 11.8 Å². The Labute approximate surface area is 148 Å². The van der Waals surface area contributed by atoms with Crippen molar-refractivity contribution in [3.63, 3.8) is 0 Å². The minimum Gasteiger partial charge on any atom is -0.347 e. The van der Waals surface area contributed by atoms with E-state index >= 15 is 0 Å². The SMILES string of the molecule is Cc1ccc(NC(=O)CNC(=O)CC(C)C2CCCNC2)c(Cl)c1. The van der Waals surface area contributed by atoms with Crippen molar-refractivity contribution in [1.82, 2.24) is 10.6 Å². The molecule has 1 heterocycles. The van der Waals surface area contributed by atoms with Crippen LogP contribution in [-0.4, -0.2) is 31.4 Å². The van der Waals surface area contributed by atoms with E-state index in [1.54, 1.807) is 12.1 Å². The van der Waals surface area contributed by atoms with E-state index in [1.807, 2.05) is 13.0 Å². The number of carbonyl (C=O) groups excluding carboxylic acids is 2. The van der Waals surface area contributed by atoms with Crippen LogP contribution in [0.4, 0.5) is 5.69 Å². The Morgan fingerprint density at radius 2 is 2.17 bits per heavy atom. The zero-order valence-corrected chi connectivity index (χ0v) is 15.1. The molecule has 0 radical (unpaired) electrons. The molecule has 5 nitrogen and oxygen atoms in total. The number of nitrogens with one attached hydrogen (secondary N) is 3. The summed E-state index contributed by atoms with van der Waals surface area (Å²) in [6.07, 6.45) is 2.77. The molecule has 1 fully saturated rings. The molecule has 2 unspecified atom stereocenters. The highest BCUT2D eigenvalue weighted by Crippen LogP contribution is 2.23. The van der Waals surface area contributed by atoms with Crippen LogP contribution in [0.1, 0.15) is 31.7 Å². The van der Waals surface area contributed by atoms with E-state index < -0.39 is 0 Å². The molecule has 0 aliphatic carbocycles. The summed E-state index contributed by atoms with van der Waals surface area (Å²) < 4.78 is 0. The number of anilines is 1. The Bertz CT molecular complexity index is 586. The zero-order valence-electron chi connectivity index (χ0n) is 14.3. The van der Waals surface area contributed by atoms with Gasteiger partial charge in [0.1, 0.15) is 0 Å². The second kappa shape index (κ2) is 9.04. The fourth-order valence-corrected chi connectivity index (χ4v) is 3.27. The van der Waals surface area contributed by atoms with E-state index in [1.165, 1.54) is 0 Å². The average Bonchev–Trinajstić information content (AvgIpc) is 2.56. The number of piperidine rings is 1. The third kappa shape index (κ3) is 5.80. The highest BCUT2D eigenvalue weighted by Gasteiger charge is 2.22. The number of halogens is 1. The van der Waals surface area contributed by atoms with Gasteiger partial charge in [0.15, 0.2) is 0 Å².